The van der Waals surface area contributed by atoms with E-state index in [-0.39, 0.29) is 23.8 Å². The number of hydrogen-bond donors (Lipinski definition) is 3. The van der Waals surface area contributed by atoms with Crippen LogP contribution in [0.5, 0.6) is 0 Å². The van der Waals surface area contributed by atoms with Crippen molar-refractivity contribution in [3.63, 3.8) is 0 Å². The van der Waals surface area contributed by atoms with Crippen molar-refractivity contribution < 1.29 is 17.9 Å². The number of fused-ring (bicyclic) bond motifs is 3. The Morgan fingerprint density at radius 3 is 2.85 bits per heavy atom. The van der Waals surface area contributed by atoms with Crippen LogP contribution in [0, 0.1) is 0 Å². The maximum absolute atomic E-state index is 13.8. The summed E-state index contributed by atoms with van der Waals surface area (Å²) in [6.07, 6.45) is 0.950. The molecule has 2 bridgehead atoms. The molecule has 174 valence electrons. The first-order valence-corrected chi connectivity index (χ1v) is 11.2. The average molecular weight is 459 g/mol. The van der Waals surface area contributed by atoms with Gasteiger partial charge in [-0.05, 0) is 37.9 Å². The molecule has 3 N–H and O–H groups in total. The fourth-order valence-electron chi connectivity index (χ4n) is 5.05. The lowest BCUT2D eigenvalue weighted by Gasteiger charge is -2.27. The number of hydrogen-bond acceptors (Lipinski definition) is 7. The van der Waals surface area contributed by atoms with Crippen LogP contribution in [0.25, 0.3) is 22.3 Å². The van der Waals surface area contributed by atoms with Crippen molar-refractivity contribution in [1.29, 1.82) is 0 Å². The second-order valence-corrected chi connectivity index (χ2v) is 8.91. The van der Waals surface area contributed by atoms with Gasteiger partial charge in [-0.1, -0.05) is 0 Å². The zero-order valence-electron chi connectivity index (χ0n) is 17.8. The predicted molar refractivity (Wildman–Crippen MR) is 117 cm³/mol. The fraction of sp³-hybridized carbons (Fsp3) is 0.500. The molecule has 0 saturated carbocycles. The molecule has 33 heavy (non-hydrogen) atoms. The first-order chi connectivity index (χ1) is 16.0. The number of nitrogens with one attached hydrogen (secondary N) is 3. The van der Waals surface area contributed by atoms with Crippen LogP contribution in [0.4, 0.5) is 24.9 Å². The number of halogens is 3. The normalized spacial score (nSPS) is 25.2. The molecule has 6 heterocycles. The minimum Gasteiger partial charge on any atom is -0.374 e. The molecule has 1 unspecified atom stereocenters. The molecule has 11 heteroatoms. The quantitative estimate of drug-likeness (QED) is 0.552. The summed E-state index contributed by atoms with van der Waals surface area (Å²) in [5.74, 6) is 0.997. The highest BCUT2D eigenvalue weighted by Crippen LogP contribution is 2.39. The van der Waals surface area contributed by atoms with Crippen molar-refractivity contribution in [2.75, 3.05) is 36.5 Å². The molecule has 0 aliphatic carbocycles. The Hall–Kier alpha value is -2.92. The summed E-state index contributed by atoms with van der Waals surface area (Å²) in [6, 6.07) is 4.06. The zero-order valence-corrected chi connectivity index (χ0v) is 17.8. The van der Waals surface area contributed by atoms with Gasteiger partial charge < -0.3 is 25.3 Å². The van der Waals surface area contributed by atoms with Crippen molar-refractivity contribution in [3.05, 3.63) is 30.1 Å². The van der Waals surface area contributed by atoms with Crippen LogP contribution in [-0.2, 0) is 10.9 Å². The van der Waals surface area contributed by atoms with Gasteiger partial charge in [0.1, 0.15) is 17.0 Å². The van der Waals surface area contributed by atoms with Crippen LogP contribution < -0.4 is 15.5 Å². The molecule has 0 aromatic carbocycles. The lowest BCUT2D eigenvalue weighted by atomic mass is 10.1. The van der Waals surface area contributed by atoms with E-state index in [9.17, 15) is 13.2 Å². The molecule has 3 aromatic heterocycles. The second kappa shape index (κ2) is 7.84. The maximum Gasteiger partial charge on any atom is 0.419 e. The van der Waals surface area contributed by atoms with Crippen LogP contribution in [-0.4, -0.2) is 64.4 Å². The average Bonchev–Trinajstić information content (AvgIpc) is 3.54. The summed E-state index contributed by atoms with van der Waals surface area (Å²) in [5.41, 5.74) is -0.134. The summed E-state index contributed by atoms with van der Waals surface area (Å²) in [4.78, 5) is 18.2. The standard InChI is InChI=1S/C22H24F3N7O/c23-22(24,25)17-9-28-21(29-12-2-1-5-26-7-12)31-19(17)16-8-27-20-15(16)3-4-18(30-20)32-10-14-6-13(32)11-33-14/h3-4,8-9,12-14,26H,1-2,5-7,10-11H2,(H,27,30)(H,28,29,31)/t12?,13-,14-/m0/s1. The topological polar surface area (TPSA) is 91.0 Å². The molecule has 8 nitrogen and oxygen atoms in total. The molecule has 3 saturated heterocycles. The molecule has 3 aromatic rings. The molecule has 3 fully saturated rings. The van der Waals surface area contributed by atoms with Gasteiger partial charge in [-0.3, -0.25) is 0 Å². The van der Waals surface area contributed by atoms with Gasteiger partial charge >= 0.3 is 6.18 Å². The van der Waals surface area contributed by atoms with Crippen molar-refractivity contribution in [2.45, 2.75) is 43.6 Å². The Morgan fingerprint density at radius 1 is 1.21 bits per heavy atom. The minimum absolute atomic E-state index is 0.0790. The second-order valence-electron chi connectivity index (χ2n) is 8.91. The van der Waals surface area contributed by atoms with Crippen LogP contribution in [0.1, 0.15) is 24.8 Å². The van der Waals surface area contributed by atoms with Gasteiger partial charge in [0, 0.05) is 42.5 Å². The van der Waals surface area contributed by atoms with E-state index < -0.39 is 11.7 Å². The van der Waals surface area contributed by atoms with E-state index in [1.807, 2.05) is 12.1 Å². The highest BCUT2D eigenvalue weighted by atomic mass is 19.4. The third kappa shape index (κ3) is 3.78. The van der Waals surface area contributed by atoms with Gasteiger partial charge in [-0.2, -0.15) is 13.2 Å². The number of aromatic amines is 1. The summed E-state index contributed by atoms with van der Waals surface area (Å²) in [6.45, 7) is 3.13. The summed E-state index contributed by atoms with van der Waals surface area (Å²) in [7, 11) is 0. The SMILES string of the molecule is FC(F)(F)c1cnc(NC2CCCNC2)nc1-c1c[nH]c2nc(N3C[C@@H]4C[C@H]3CO4)ccc12. The number of H-pyrrole nitrogens is 1. The van der Waals surface area contributed by atoms with Crippen molar-refractivity contribution >= 4 is 22.8 Å². The minimum atomic E-state index is -4.58. The molecule has 3 atom stereocenters. The van der Waals surface area contributed by atoms with Gasteiger partial charge in [0.15, 0.2) is 0 Å². The smallest absolute Gasteiger partial charge is 0.374 e. The molecule has 0 spiro atoms. The maximum atomic E-state index is 13.8. The number of morpholine rings is 1. The van der Waals surface area contributed by atoms with Crippen molar-refractivity contribution in [2.24, 2.45) is 0 Å². The molecular weight excluding hydrogens is 435 g/mol. The van der Waals surface area contributed by atoms with E-state index in [0.717, 1.165) is 50.9 Å². The molecule has 6 rings (SSSR count). The first kappa shape index (κ1) is 20.7. The molecular formula is C22H24F3N7O. The Balaban J connectivity index is 1.37. The summed E-state index contributed by atoms with van der Waals surface area (Å²) < 4.78 is 47.1. The number of aromatic nitrogens is 4. The monoisotopic (exact) mass is 459 g/mol. The summed E-state index contributed by atoms with van der Waals surface area (Å²) >= 11 is 0. The van der Waals surface area contributed by atoms with Gasteiger partial charge in [0.2, 0.25) is 5.95 Å². The predicted octanol–water partition coefficient (Wildman–Crippen LogP) is 3.18. The number of pyridine rings is 1. The van der Waals surface area contributed by atoms with Gasteiger partial charge in [0.25, 0.3) is 0 Å². The first-order valence-electron chi connectivity index (χ1n) is 11.2. The third-order valence-electron chi connectivity index (χ3n) is 6.70. The van der Waals surface area contributed by atoms with Crippen molar-refractivity contribution in [3.8, 4) is 11.3 Å². The van der Waals surface area contributed by atoms with E-state index >= 15 is 0 Å². The van der Waals surface area contributed by atoms with Gasteiger partial charge in [-0.25, -0.2) is 15.0 Å². The Kier molecular flexibility index (Phi) is 4.91. The van der Waals surface area contributed by atoms with Gasteiger partial charge in [0.05, 0.1) is 24.4 Å². The molecule has 3 aliphatic rings. The third-order valence-corrected chi connectivity index (χ3v) is 6.70. The number of alkyl halides is 3. The summed E-state index contributed by atoms with van der Waals surface area (Å²) in [5, 5.41) is 7.04. The molecule has 0 amide bonds. The highest BCUT2D eigenvalue weighted by Gasteiger charge is 2.40. The molecule has 3 aliphatic heterocycles. The number of piperidine rings is 1. The Bertz CT molecular complexity index is 1170. The van der Waals surface area contributed by atoms with Crippen LogP contribution >= 0.6 is 0 Å². The number of nitrogens with zero attached hydrogens (tertiary/aromatic N) is 4. The van der Waals surface area contributed by atoms with Crippen LogP contribution in [0.2, 0.25) is 0 Å². The van der Waals surface area contributed by atoms with E-state index in [1.165, 1.54) is 0 Å². The number of rotatable bonds is 4. The van der Waals surface area contributed by atoms with Crippen molar-refractivity contribution in [1.82, 2.24) is 25.3 Å². The lowest BCUT2D eigenvalue weighted by molar-refractivity contribution is -0.137. The largest absolute Gasteiger partial charge is 0.419 e. The highest BCUT2D eigenvalue weighted by molar-refractivity contribution is 5.94. The van der Waals surface area contributed by atoms with Crippen LogP contribution in [0.3, 0.4) is 0 Å². The van der Waals surface area contributed by atoms with E-state index in [1.54, 1.807) is 6.20 Å². The zero-order chi connectivity index (χ0) is 22.6. The van der Waals surface area contributed by atoms with Gasteiger partial charge in [-0.15, -0.1) is 0 Å². The lowest BCUT2D eigenvalue weighted by Crippen LogP contribution is -2.38. The van der Waals surface area contributed by atoms with E-state index in [4.69, 9.17) is 9.72 Å². The van der Waals surface area contributed by atoms with E-state index in [0.29, 0.717) is 29.2 Å². The Morgan fingerprint density at radius 2 is 2.12 bits per heavy atom. The Labute approximate surface area is 188 Å². The van der Waals surface area contributed by atoms with E-state index in [2.05, 4.69) is 30.5 Å². The molecule has 0 radical (unpaired) electrons. The number of anilines is 2. The number of ether oxygens (including phenoxy) is 1. The van der Waals surface area contributed by atoms with Crippen LogP contribution in [0.15, 0.2) is 24.5 Å². The fourth-order valence-corrected chi connectivity index (χ4v) is 5.05.